The number of nitrogens with one attached hydrogen (secondary N) is 5. The highest BCUT2D eigenvalue weighted by Gasteiger charge is 2.08. The molecule has 12 heteroatoms. The van der Waals surface area contributed by atoms with Gasteiger partial charge in [0.2, 0.25) is 17.8 Å². The van der Waals surface area contributed by atoms with Crippen molar-refractivity contribution in [1.29, 1.82) is 0 Å². The van der Waals surface area contributed by atoms with Crippen molar-refractivity contribution < 1.29 is 8.78 Å². The molecule has 0 atom stereocenters. The molecular weight excluding hydrogens is 472 g/mol. The lowest BCUT2D eigenvalue weighted by Crippen LogP contribution is -2.34. The van der Waals surface area contributed by atoms with Crippen LogP contribution >= 0.6 is 12.2 Å². The average Bonchev–Trinajstić information content (AvgIpc) is 2.87. The summed E-state index contributed by atoms with van der Waals surface area (Å²) in [5.74, 6) is 0.138. The standard InChI is InChI=1S/C23H21F2N9S/c24-17-5-1-15(2-6-17)13-27-20-30-21(28-14-16-3-7-18(25)8-4-16)32-22(31-20)33-34-23(35)29-19-9-11-26-12-10-19/h1-12H,13-14H2,(H2,26,29,34,35)(H3,27,28,30,31,32,33). The van der Waals surface area contributed by atoms with Crippen LogP contribution in [-0.4, -0.2) is 25.0 Å². The Morgan fingerprint density at radius 3 is 1.69 bits per heavy atom. The molecule has 0 bridgehead atoms. The summed E-state index contributed by atoms with van der Waals surface area (Å²) in [6.07, 6.45) is 3.28. The SMILES string of the molecule is Fc1ccc(CNc2nc(NCc3ccc(F)cc3)nc(NNC(=S)Nc3ccncc3)n2)cc1. The number of hydrazine groups is 1. The summed E-state index contributed by atoms with van der Waals surface area (Å²) < 4.78 is 26.3. The minimum atomic E-state index is -0.310. The predicted molar refractivity (Wildman–Crippen MR) is 134 cm³/mol. The van der Waals surface area contributed by atoms with Gasteiger partial charge in [-0.15, -0.1) is 0 Å². The van der Waals surface area contributed by atoms with Crippen LogP contribution in [0, 0.1) is 11.6 Å². The first-order valence-electron chi connectivity index (χ1n) is 10.5. The van der Waals surface area contributed by atoms with Crippen molar-refractivity contribution in [3.63, 3.8) is 0 Å². The molecule has 0 aliphatic rings. The van der Waals surface area contributed by atoms with Crippen molar-refractivity contribution in [1.82, 2.24) is 25.4 Å². The summed E-state index contributed by atoms with van der Waals surface area (Å²) >= 11 is 5.28. The van der Waals surface area contributed by atoms with E-state index in [1.54, 1.807) is 48.8 Å². The zero-order valence-electron chi connectivity index (χ0n) is 18.3. The minimum absolute atomic E-state index is 0.196. The first-order valence-corrected chi connectivity index (χ1v) is 10.9. The molecule has 35 heavy (non-hydrogen) atoms. The molecule has 0 unspecified atom stereocenters. The van der Waals surface area contributed by atoms with Crippen LogP contribution in [0.4, 0.5) is 32.3 Å². The number of thiocarbonyl (C=S) groups is 1. The Bertz CT molecular complexity index is 1190. The molecule has 0 radical (unpaired) electrons. The minimum Gasteiger partial charge on any atom is -0.350 e. The molecular formula is C23H21F2N9S. The first kappa shape index (κ1) is 23.7. The molecule has 4 rings (SSSR count). The van der Waals surface area contributed by atoms with Crippen LogP contribution < -0.4 is 26.8 Å². The third-order valence-corrected chi connectivity index (χ3v) is 4.79. The number of aromatic nitrogens is 4. The molecule has 2 aromatic carbocycles. The van der Waals surface area contributed by atoms with Gasteiger partial charge in [0, 0.05) is 31.2 Å². The largest absolute Gasteiger partial charge is 0.350 e. The van der Waals surface area contributed by atoms with E-state index in [9.17, 15) is 8.78 Å². The number of halogens is 2. The number of hydrogen-bond acceptors (Lipinski definition) is 8. The van der Waals surface area contributed by atoms with E-state index in [0.29, 0.717) is 18.2 Å². The molecule has 2 aromatic heterocycles. The summed E-state index contributed by atoms with van der Waals surface area (Å²) in [6, 6.07) is 15.7. The monoisotopic (exact) mass is 493 g/mol. The maximum absolute atomic E-state index is 13.2. The third-order valence-electron chi connectivity index (χ3n) is 4.59. The highest BCUT2D eigenvalue weighted by Crippen LogP contribution is 2.13. The Labute approximate surface area is 205 Å². The van der Waals surface area contributed by atoms with Gasteiger partial charge in [-0.1, -0.05) is 24.3 Å². The number of rotatable bonds is 9. The van der Waals surface area contributed by atoms with Gasteiger partial charge in [0.15, 0.2) is 5.11 Å². The Morgan fingerprint density at radius 2 is 1.17 bits per heavy atom. The van der Waals surface area contributed by atoms with E-state index in [1.165, 1.54) is 24.3 Å². The van der Waals surface area contributed by atoms with Gasteiger partial charge < -0.3 is 16.0 Å². The number of hydrogen-bond donors (Lipinski definition) is 5. The Morgan fingerprint density at radius 1 is 0.686 bits per heavy atom. The summed E-state index contributed by atoms with van der Waals surface area (Å²) in [6.45, 7) is 0.743. The number of pyridine rings is 1. The van der Waals surface area contributed by atoms with Crippen LogP contribution in [0.1, 0.15) is 11.1 Å². The molecule has 0 fully saturated rings. The van der Waals surface area contributed by atoms with Gasteiger partial charge in [0.1, 0.15) is 11.6 Å². The van der Waals surface area contributed by atoms with Crippen molar-refractivity contribution in [2.75, 3.05) is 21.4 Å². The molecule has 9 nitrogen and oxygen atoms in total. The van der Waals surface area contributed by atoms with Gasteiger partial charge in [0.05, 0.1) is 0 Å². The lowest BCUT2D eigenvalue weighted by molar-refractivity contribution is 0.626. The number of benzene rings is 2. The van der Waals surface area contributed by atoms with Crippen LogP contribution in [0.2, 0.25) is 0 Å². The van der Waals surface area contributed by atoms with Crippen molar-refractivity contribution >= 4 is 40.9 Å². The fourth-order valence-electron chi connectivity index (χ4n) is 2.87. The Hall–Kier alpha value is -4.45. The highest BCUT2D eigenvalue weighted by atomic mass is 32.1. The van der Waals surface area contributed by atoms with Crippen LogP contribution in [0.25, 0.3) is 0 Å². The lowest BCUT2D eigenvalue weighted by atomic mass is 10.2. The van der Waals surface area contributed by atoms with Gasteiger partial charge in [-0.25, -0.2) is 8.78 Å². The van der Waals surface area contributed by atoms with Gasteiger partial charge in [-0.05, 0) is 59.7 Å². The summed E-state index contributed by atoms with van der Waals surface area (Å²) in [4.78, 5) is 17.0. The van der Waals surface area contributed by atoms with E-state index in [2.05, 4.69) is 46.7 Å². The van der Waals surface area contributed by atoms with E-state index in [4.69, 9.17) is 12.2 Å². The van der Waals surface area contributed by atoms with Crippen LogP contribution in [0.3, 0.4) is 0 Å². The highest BCUT2D eigenvalue weighted by molar-refractivity contribution is 7.80. The van der Waals surface area contributed by atoms with E-state index in [-0.39, 0.29) is 29.5 Å². The van der Waals surface area contributed by atoms with Crippen LogP contribution in [0.15, 0.2) is 73.1 Å². The normalized spacial score (nSPS) is 10.3. The molecule has 0 amide bonds. The second kappa shape index (κ2) is 11.6. The van der Waals surface area contributed by atoms with E-state index in [1.807, 2.05) is 0 Å². The fourth-order valence-corrected chi connectivity index (χ4v) is 3.04. The molecule has 0 aliphatic heterocycles. The lowest BCUT2D eigenvalue weighted by Gasteiger charge is -2.14. The number of nitrogens with zero attached hydrogens (tertiary/aromatic N) is 4. The molecule has 0 saturated carbocycles. The zero-order valence-corrected chi connectivity index (χ0v) is 19.1. The van der Waals surface area contributed by atoms with Gasteiger partial charge in [-0.3, -0.25) is 15.8 Å². The summed E-state index contributed by atoms with van der Waals surface area (Å²) in [5.41, 5.74) is 8.13. The quantitative estimate of drug-likeness (QED) is 0.173. The number of anilines is 4. The maximum Gasteiger partial charge on any atom is 0.248 e. The summed E-state index contributed by atoms with van der Waals surface area (Å²) in [7, 11) is 0. The fraction of sp³-hybridized carbons (Fsp3) is 0.0870. The second-order valence-electron chi connectivity index (χ2n) is 7.21. The van der Waals surface area contributed by atoms with E-state index in [0.717, 1.165) is 16.8 Å². The van der Waals surface area contributed by atoms with E-state index < -0.39 is 0 Å². The zero-order chi connectivity index (χ0) is 24.5. The second-order valence-corrected chi connectivity index (χ2v) is 7.61. The Kier molecular flexibility index (Phi) is 7.86. The van der Waals surface area contributed by atoms with Crippen LogP contribution in [-0.2, 0) is 13.1 Å². The molecule has 2 heterocycles. The van der Waals surface area contributed by atoms with Crippen molar-refractivity contribution in [2.45, 2.75) is 13.1 Å². The molecule has 0 aliphatic carbocycles. The molecule has 0 spiro atoms. The van der Waals surface area contributed by atoms with E-state index >= 15 is 0 Å². The summed E-state index contributed by atoms with van der Waals surface area (Å²) in [5, 5.41) is 9.48. The van der Waals surface area contributed by atoms with Gasteiger partial charge in [-0.2, -0.15) is 15.0 Å². The maximum atomic E-state index is 13.2. The molecule has 0 saturated heterocycles. The smallest absolute Gasteiger partial charge is 0.248 e. The topological polar surface area (TPSA) is 112 Å². The third kappa shape index (κ3) is 7.54. The van der Waals surface area contributed by atoms with Crippen molar-refractivity contribution in [3.05, 3.63) is 95.8 Å². The van der Waals surface area contributed by atoms with Crippen molar-refractivity contribution in [3.8, 4) is 0 Å². The molecule has 5 N–H and O–H groups in total. The molecule has 4 aromatic rings. The molecule has 178 valence electrons. The average molecular weight is 494 g/mol. The predicted octanol–water partition coefficient (Wildman–Crippen LogP) is 4.08. The first-order chi connectivity index (χ1) is 17.0. The Balaban J connectivity index is 1.44. The van der Waals surface area contributed by atoms with Gasteiger partial charge >= 0.3 is 0 Å². The van der Waals surface area contributed by atoms with Crippen molar-refractivity contribution in [2.24, 2.45) is 0 Å². The van der Waals surface area contributed by atoms with Gasteiger partial charge in [0.25, 0.3) is 0 Å². The van der Waals surface area contributed by atoms with Crippen LogP contribution in [0.5, 0.6) is 0 Å².